The molecule has 8 aromatic heterocycles. The van der Waals surface area contributed by atoms with Crippen LogP contribution in [0.4, 0.5) is 0 Å². The lowest BCUT2D eigenvalue weighted by Gasteiger charge is -2.19. The maximum Gasteiger partial charge on any atom is 0.220 e. The van der Waals surface area contributed by atoms with E-state index in [1.165, 1.54) is 117 Å². The minimum absolute atomic E-state index is 0.0334. The van der Waals surface area contributed by atoms with Gasteiger partial charge < -0.3 is 0 Å². The lowest BCUT2D eigenvalue weighted by atomic mass is 9.86. The van der Waals surface area contributed by atoms with Crippen LogP contribution < -0.4 is 0 Å². The number of rotatable bonds is 0. The molecule has 0 bridgehead atoms. The van der Waals surface area contributed by atoms with Crippen LogP contribution in [-0.2, 0) is 10.8 Å². The lowest BCUT2D eigenvalue weighted by Crippen LogP contribution is -2.10. The van der Waals surface area contributed by atoms with Crippen LogP contribution in [0.3, 0.4) is 0 Å². The van der Waals surface area contributed by atoms with Gasteiger partial charge in [0.1, 0.15) is 0 Å². The van der Waals surface area contributed by atoms with E-state index in [9.17, 15) is 0 Å². The lowest BCUT2D eigenvalue weighted by molar-refractivity contribution is 0.591. The number of aromatic nitrogens is 6. The highest BCUT2D eigenvalue weighted by molar-refractivity contribution is 7.27. The van der Waals surface area contributed by atoms with Crippen LogP contribution in [-0.4, -0.2) is 27.6 Å². The molecule has 0 aliphatic rings. The summed E-state index contributed by atoms with van der Waals surface area (Å²) in [6.45, 7) is 13.9. The van der Waals surface area contributed by atoms with Gasteiger partial charge in [0.05, 0.1) is 64.6 Å². The fourth-order valence-electron chi connectivity index (χ4n) is 10.9. The van der Waals surface area contributed by atoms with Crippen LogP contribution in [0.1, 0.15) is 52.7 Å². The second-order valence-corrected chi connectivity index (χ2v) is 21.2. The molecule has 0 saturated carbocycles. The molecule has 8 heteroatoms. The maximum atomic E-state index is 5.60. The summed E-state index contributed by atoms with van der Waals surface area (Å²) in [6, 6.07) is 41.0. The van der Waals surface area contributed by atoms with Gasteiger partial charge in [0.25, 0.3) is 0 Å². The predicted molar refractivity (Wildman–Crippen MR) is 256 cm³/mol. The van der Waals surface area contributed by atoms with Crippen molar-refractivity contribution >= 4 is 151 Å². The van der Waals surface area contributed by atoms with Crippen LogP contribution >= 0.6 is 22.7 Å². The standard InChI is InChI=1S/C52H36N6S2/c1-51(2,3)25-15-21-35-31(23-25)39-43-46(58-42-34(53-49(58)55(35)43)20-18-30-28-12-8-10-14-38(28)60-48(30)42)40-32-24-26(52(4,5)6)16-22-36(32)56-44(40)45(39)57-41-33(54-50(56)57)19-17-29-27-11-7-9-13-37(27)59-47(29)41/h7-24H,1-6H3. The summed E-state index contributed by atoms with van der Waals surface area (Å²) in [5, 5.41) is 10.2. The molecule has 0 amide bonds. The summed E-state index contributed by atoms with van der Waals surface area (Å²) in [6.07, 6.45) is 0. The van der Waals surface area contributed by atoms with E-state index in [0.717, 1.165) is 22.6 Å². The second-order valence-electron chi connectivity index (χ2n) is 19.1. The van der Waals surface area contributed by atoms with Crippen molar-refractivity contribution in [1.82, 2.24) is 27.6 Å². The zero-order valence-electron chi connectivity index (χ0n) is 33.9. The summed E-state index contributed by atoms with van der Waals surface area (Å²) in [5.41, 5.74) is 14.2. The Balaban J connectivity index is 1.30. The minimum Gasteiger partial charge on any atom is -0.277 e. The van der Waals surface area contributed by atoms with Crippen molar-refractivity contribution in [2.24, 2.45) is 0 Å². The fourth-order valence-corrected chi connectivity index (χ4v) is 13.4. The molecule has 7 aromatic carbocycles. The first-order chi connectivity index (χ1) is 29.0. The first kappa shape index (κ1) is 32.4. The van der Waals surface area contributed by atoms with Crippen LogP contribution in [0.2, 0.25) is 0 Å². The van der Waals surface area contributed by atoms with Gasteiger partial charge in [-0.15, -0.1) is 22.7 Å². The molecule has 0 aliphatic carbocycles. The Hall–Kier alpha value is -6.48. The number of fused-ring (bicyclic) bond motifs is 26. The largest absolute Gasteiger partial charge is 0.277 e. The van der Waals surface area contributed by atoms with Crippen LogP contribution in [0, 0.1) is 0 Å². The highest BCUT2D eigenvalue weighted by Crippen LogP contribution is 2.51. The van der Waals surface area contributed by atoms with Crippen molar-refractivity contribution in [3.05, 3.63) is 120 Å². The summed E-state index contributed by atoms with van der Waals surface area (Å²) in [5.74, 6) is 1.92. The molecule has 0 radical (unpaired) electrons. The molecule has 8 heterocycles. The maximum absolute atomic E-state index is 5.60. The Kier molecular flexibility index (Phi) is 5.45. The highest BCUT2D eigenvalue weighted by Gasteiger charge is 2.33. The van der Waals surface area contributed by atoms with Crippen LogP contribution in [0.15, 0.2) is 109 Å². The first-order valence-corrected chi connectivity index (χ1v) is 22.5. The molecule has 0 saturated heterocycles. The third-order valence-corrected chi connectivity index (χ3v) is 16.1. The number of nitrogens with zero attached hydrogens (tertiary/aromatic N) is 6. The molecule has 15 rings (SSSR count). The highest BCUT2D eigenvalue weighted by atomic mass is 32.1. The minimum atomic E-state index is -0.0334. The molecule has 0 N–H and O–H groups in total. The smallest absolute Gasteiger partial charge is 0.220 e. The third-order valence-electron chi connectivity index (χ3n) is 13.7. The van der Waals surface area contributed by atoms with Gasteiger partial charge in [0.2, 0.25) is 11.6 Å². The summed E-state index contributed by atoms with van der Waals surface area (Å²) < 4.78 is 15.2. The van der Waals surface area contributed by atoms with Gasteiger partial charge in [0, 0.05) is 52.5 Å². The SMILES string of the molecule is CC(C)(C)c1ccc2c(c1)c1c3c(c4c5cc(C(C)(C)C)ccc5n5c4c1n1c4c(ccc6c7ccccc7sc64)nc51)n1c4c(ccc5c6ccccc6sc54)nc1n23. The Labute approximate surface area is 349 Å². The van der Waals surface area contributed by atoms with Gasteiger partial charge in [-0.2, -0.15) is 0 Å². The molecule has 0 atom stereocenters. The van der Waals surface area contributed by atoms with E-state index in [1.54, 1.807) is 0 Å². The van der Waals surface area contributed by atoms with E-state index >= 15 is 0 Å². The van der Waals surface area contributed by atoms with Gasteiger partial charge in [-0.3, -0.25) is 17.6 Å². The second kappa shape index (κ2) is 10.1. The molecular formula is C52H36N6S2. The van der Waals surface area contributed by atoms with Crippen molar-refractivity contribution in [2.75, 3.05) is 0 Å². The van der Waals surface area contributed by atoms with Crippen molar-refractivity contribution < 1.29 is 0 Å². The van der Waals surface area contributed by atoms with Gasteiger partial charge in [-0.1, -0.05) is 102 Å². The molecule has 6 nitrogen and oxygen atoms in total. The van der Waals surface area contributed by atoms with E-state index < -0.39 is 0 Å². The molecule has 15 aromatic rings. The number of thiophene rings is 2. The Bertz CT molecular complexity index is 4150. The zero-order valence-corrected chi connectivity index (χ0v) is 35.5. The normalized spacial score (nSPS) is 13.8. The van der Waals surface area contributed by atoms with E-state index in [1.807, 2.05) is 22.7 Å². The first-order valence-electron chi connectivity index (χ1n) is 20.8. The van der Waals surface area contributed by atoms with Crippen LogP contribution in [0.5, 0.6) is 0 Å². The predicted octanol–water partition coefficient (Wildman–Crippen LogP) is 14.6. The molecule has 0 aliphatic heterocycles. The van der Waals surface area contributed by atoms with Crippen molar-refractivity contribution in [2.45, 2.75) is 52.4 Å². The van der Waals surface area contributed by atoms with Gasteiger partial charge >= 0.3 is 0 Å². The van der Waals surface area contributed by atoms with Crippen molar-refractivity contribution in [3.63, 3.8) is 0 Å². The number of hydrogen-bond acceptors (Lipinski definition) is 4. The molecule has 0 fully saturated rings. The average Bonchev–Trinajstić information content (AvgIpc) is 4.09. The fraction of sp³-hybridized carbons (Fsp3) is 0.154. The molecular weight excluding hydrogens is 773 g/mol. The number of benzene rings is 7. The van der Waals surface area contributed by atoms with E-state index in [4.69, 9.17) is 9.97 Å². The molecule has 0 unspecified atom stereocenters. The van der Waals surface area contributed by atoms with Gasteiger partial charge in [-0.05, 0) is 70.5 Å². The van der Waals surface area contributed by atoms with E-state index in [-0.39, 0.29) is 10.8 Å². The van der Waals surface area contributed by atoms with Crippen molar-refractivity contribution in [3.8, 4) is 0 Å². The number of imidazole rings is 4. The number of hydrogen-bond donors (Lipinski definition) is 0. The van der Waals surface area contributed by atoms with Crippen molar-refractivity contribution in [1.29, 1.82) is 0 Å². The van der Waals surface area contributed by atoms with Gasteiger partial charge in [-0.25, -0.2) is 9.97 Å². The molecule has 0 spiro atoms. The van der Waals surface area contributed by atoms with Gasteiger partial charge in [0.15, 0.2) is 0 Å². The topological polar surface area (TPSA) is 43.4 Å². The monoisotopic (exact) mass is 808 g/mol. The zero-order chi connectivity index (χ0) is 39.9. The van der Waals surface area contributed by atoms with E-state index in [0.29, 0.717) is 0 Å². The third kappa shape index (κ3) is 3.58. The van der Waals surface area contributed by atoms with E-state index in [2.05, 4.69) is 168 Å². The summed E-state index contributed by atoms with van der Waals surface area (Å²) in [7, 11) is 0. The Morgan fingerprint density at radius 2 is 0.817 bits per heavy atom. The van der Waals surface area contributed by atoms with Crippen LogP contribution in [0.25, 0.3) is 129 Å². The Morgan fingerprint density at radius 3 is 1.25 bits per heavy atom. The quantitative estimate of drug-likeness (QED) is 0.153. The average molecular weight is 809 g/mol. The summed E-state index contributed by atoms with van der Waals surface area (Å²) >= 11 is 3.77. The molecule has 286 valence electrons. The Morgan fingerprint density at radius 1 is 0.400 bits per heavy atom. The molecule has 60 heavy (non-hydrogen) atoms. The summed E-state index contributed by atoms with van der Waals surface area (Å²) in [4.78, 5) is 11.2.